The standard InChI is InChI=1S/C16H15F2NOS/c1-11(21-10-12-5-3-2-4-6-12)16(20)19-15-8-7-13(17)9-14(15)18/h2-9,11H,10H2,1H3,(H,19,20). The molecule has 21 heavy (non-hydrogen) atoms. The average molecular weight is 307 g/mol. The SMILES string of the molecule is CC(SCc1ccccc1)C(=O)Nc1ccc(F)cc1F. The smallest absolute Gasteiger partial charge is 0.237 e. The molecular weight excluding hydrogens is 292 g/mol. The monoisotopic (exact) mass is 307 g/mol. The molecule has 0 bridgehead atoms. The molecule has 0 saturated carbocycles. The molecule has 0 radical (unpaired) electrons. The van der Waals surface area contributed by atoms with E-state index < -0.39 is 11.6 Å². The summed E-state index contributed by atoms with van der Waals surface area (Å²) in [6.07, 6.45) is 0. The van der Waals surface area contributed by atoms with E-state index >= 15 is 0 Å². The number of carbonyl (C=O) groups excluding carboxylic acids is 1. The fourth-order valence-corrected chi connectivity index (χ4v) is 2.54. The minimum absolute atomic E-state index is 0.00596. The second kappa shape index (κ2) is 7.22. The number of nitrogens with one attached hydrogen (secondary N) is 1. The molecule has 1 unspecified atom stereocenters. The summed E-state index contributed by atoms with van der Waals surface area (Å²) in [6, 6.07) is 12.9. The molecule has 0 aliphatic carbocycles. The summed E-state index contributed by atoms with van der Waals surface area (Å²) in [6.45, 7) is 1.75. The molecule has 0 fully saturated rings. The van der Waals surface area contributed by atoms with Crippen molar-refractivity contribution in [2.45, 2.75) is 17.9 Å². The van der Waals surface area contributed by atoms with Crippen LogP contribution >= 0.6 is 11.8 Å². The van der Waals surface area contributed by atoms with Gasteiger partial charge in [0.15, 0.2) is 0 Å². The zero-order valence-corrected chi connectivity index (χ0v) is 12.3. The predicted octanol–water partition coefficient (Wildman–Crippen LogP) is 4.23. The number of benzene rings is 2. The van der Waals surface area contributed by atoms with E-state index in [0.717, 1.165) is 17.7 Å². The van der Waals surface area contributed by atoms with Crippen molar-refractivity contribution >= 4 is 23.4 Å². The van der Waals surface area contributed by atoms with Crippen molar-refractivity contribution in [1.29, 1.82) is 0 Å². The number of hydrogen-bond donors (Lipinski definition) is 1. The van der Waals surface area contributed by atoms with Crippen LogP contribution in [0, 0.1) is 11.6 Å². The fraction of sp³-hybridized carbons (Fsp3) is 0.188. The van der Waals surface area contributed by atoms with Crippen molar-refractivity contribution in [3.05, 3.63) is 65.7 Å². The van der Waals surface area contributed by atoms with Crippen LogP contribution in [-0.2, 0) is 10.5 Å². The second-order valence-corrected chi connectivity index (χ2v) is 5.88. The van der Waals surface area contributed by atoms with Crippen molar-refractivity contribution < 1.29 is 13.6 Å². The van der Waals surface area contributed by atoms with Crippen molar-refractivity contribution in [3.63, 3.8) is 0 Å². The number of anilines is 1. The predicted molar refractivity (Wildman–Crippen MR) is 82.2 cm³/mol. The number of rotatable bonds is 5. The average Bonchev–Trinajstić information content (AvgIpc) is 2.48. The number of amides is 1. The Morgan fingerprint density at radius 2 is 1.90 bits per heavy atom. The molecule has 2 aromatic rings. The maximum absolute atomic E-state index is 13.5. The van der Waals surface area contributed by atoms with E-state index in [4.69, 9.17) is 0 Å². The van der Waals surface area contributed by atoms with E-state index in [1.807, 2.05) is 30.3 Å². The molecule has 0 aliphatic rings. The third kappa shape index (κ3) is 4.56. The molecule has 2 rings (SSSR count). The van der Waals surface area contributed by atoms with Gasteiger partial charge in [0.05, 0.1) is 10.9 Å². The fourth-order valence-electron chi connectivity index (χ4n) is 1.70. The lowest BCUT2D eigenvalue weighted by molar-refractivity contribution is -0.115. The van der Waals surface area contributed by atoms with Gasteiger partial charge in [-0.25, -0.2) is 8.78 Å². The first-order chi connectivity index (χ1) is 10.1. The van der Waals surface area contributed by atoms with Gasteiger partial charge >= 0.3 is 0 Å². The lowest BCUT2D eigenvalue weighted by atomic mass is 10.2. The summed E-state index contributed by atoms with van der Waals surface area (Å²) < 4.78 is 26.3. The summed E-state index contributed by atoms with van der Waals surface area (Å²) in [5, 5.41) is 2.13. The molecular formula is C16H15F2NOS. The molecule has 1 amide bonds. The van der Waals surface area contributed by atoms with Crippen LogP contribution in [0.25, 0.3) is 0 Å². The van der Waals surface area contributed by atoms with Gasteiger partial charge in [0, 0.05) is 11.8 Å². The maximum Gasteiger partial charge on any atom is 0.237 e. The Morgan fingerprint density at radius 1 is 1.19 bits per heavy atom. The molecule has 110 valence electrons. The van der Waals surface area contributed by atoms with Crippen LogP contribution in [0.3, 0.4) is 0 Å². The molecule has 1 N–H and O–H groups in total. The van der Waals surface area contributed by atoms with Gasteiger partial charge in [0.1, 0.15) is 11.6 Å². The molecule has 2 aromatic carbocycles. The molecule has 5 heteroatoms. The van der Waals surface area contributed by atoms with Crippen molar-refractivity contribution in [1.82, 2.24) is 0 Å². The van der Waals surface area contributed by atoms with Crippen LogP contribution in [0.4, 0.5) is 14.5 Å². The molecule has 2 nitrogen and oxygen atoms in total. The summed E-state index contributed by atoms with van der Waals surface area (Å²) in [5.41, 5.74) is 1.11. The summed E-state index contributed by atoms with van der Waals surface area (Å²) >= 11 is 1.46. The molecule has 0 saturated heterocycles. The van der Waals surface area contributed by atoms with E-state index in [1.165, 1.54) is 17.8 Å². The Hall–Kier alpha value is -1.88. The van der Waals surface area contributed by atoms with Crippen LogP contribution in [0.1, 0.15) is 12.5 Å². The number of thioether (sulfide) groups is 1. The van der Waals surface area contributed by atoms with Crippen LogP contribution in [0.15, 0.2) is 48.5 Å². The maximum atomic E-state index is 13.5. The van der Waals surface area contributed by atoms with Gasteiger partial charge < -0.3 is 5.32 Å². The quantitative estimate of drug-likeness (QED) is 0.896. The molecule has 0 heterocycles. The Labute approximate surface area is 126 Å². The van der Waals surface area contributed by atoms with Crippen molar-refractivity contribution in [2.75, 3.05) is 5.32 Å². The van der Waals surface area contributed by atoms with Crippen molar-refractivity contribution in [2.24, 2.45) is 0 Å². The highest BCUT2D eigenvalue weighted by Crippen LogP contribution is 2.20. The van der Waals surface area contributed by atoms with Gasteiger partial charge in [-0.2, -0.15) is 0 Å². The van der Waals surface area contributed by atoms with Crippen LogP contribution in [-0.4, -0.2) is 11.2 Å². The summed E-state index contributed by atoms with van der Waals surface area (Å²) in [7, 11) is 0. The van der Waals surface area contributed by atoms with Gasteiger partial charge in [-0.3, -0.25) is 4.79 Å². The lowest BCUT2D eigenvalue weighted by Gasteiger charge is -2.12. The first-order valence-electron chi connectivity index (χ1n) is 6.47. The molecule has 0 aliphatic heterocycles. The van der Waals surface area contributed by atoms with Crippen LogP contribution in [0.5, 0.6) is 0 Å². The number of carbonyl (C=O) groups is 1. The second-order valence-electron chi connectivity index (χ2n) is 4.55. The van der Waals surface area contributed by atoms with E-state index in [0.29, 0.717) is 5.75 Å². The lowest BCUT2D eigenvalue weighted by Crippen LogP contribution is -2.23. The number of hydrogen-bond acceptors (Lipinski definition) is 2. The van der Waals surface area contributed by atoms with Gasteiger partial charge in [-0.05, 0) is 24.6 Å². The minimum Gasteiger partial charge on any atom is -0.323 e. The summed E-state index contributed by atoms with van der Waals surface area (Å²) in [5.74, 6) is -1.05. The van der Waals surface area contributed by atoms with Crippen molar-refractivity contribution in [3.8, 4) is 0 Å². The molecule has 0 aromatic heterocycles. The van der Waals surface area contributed by atoms with Gasteiger partial charge in [0.2, 0.25) is 5.91 Å². The largest absolute Gasteiger partial charge is 0.323 e. The van der Waals surface area contributed by atoms with Crippen LogP contribution in [0.2, 0.25) is 0 Å². The number of halogens is 2. The van der Waals surface area contributed by atoms with E-state index in [9.17, 15) is 13.6 Å². The van der Waals surface area contributed by atoms with Gasteiger partial charge in [-0.1, -0.05) is 30.3 Å². The minimum atomic E-state index is -0.774. The Bertz CT molecular complexity index is 619. The normalized spacial score (nSPS) is 12.0. The Balaban J connectivity index is 1.90. The van der Waals surface area contributed by atoms with E-state index in [1.54, 1.807) is 6.92 Å². The summed E-state index contributed by atoms with van der Waals surface area (Å²) in [4.78, 5) is 12.0. The first-order valence-corrected chi connectivity index (χ1v) is 7.52. The molecule has 1 atom stereocenters. The first kappa shape index (κ1) is 15.5. The van der Waals surface area contributed by atoms with E-state index in [-0.39, 0.29) is 16.8 Å². The topological polar surface area (TPSA) is 29.1 Å². The van der Waals surface area contributed by atoms with Gasteiger partial charge in [0.25, 0.3) is 0 Å². The zero-order chi connectivity index (χ0) is 15.2. The highest BCUT2D eigenvalue weighted by molar-refractivity contribution is 7.99. The van der Waals surface area contributed by atoms with Gasteiger partial charge in [-0.15, -0.1) is 11.8 Å². The zero-order valence-electron chi connectivity index (χ0n) is 11.5. The Kier molecular flexibility index (Phi) is 5.33. The van der Waals surface area contributed by atoms with Crippen LogP contribution < -0.4 is 5.32 Å². The Morgan fingerprint density at radius 3 is 2.57 bits per heavy atom. The van der Waals surface area contributed by atoms with E-state index in [2.05, 4.69) is 5.32 Å². The highest BCUT2D eigenvalue weighted by atomic mass is 32.2. The third-order valence-corrected chi connectivity index (χ3v) is 4.12. The third-order valence-electron chi connectivity index (χ3n) is 2.90. The molecule has 0 spiro atoms. The highest BCUT2D eigenvalue weighted by Gasteiger charge is 2.15.